The molecule has 2 aromatic carbocycles. The predicted molar refractivity (Wildman–Crippen MR) is 83.3 cm³/mol. The summed E-state index contributed by atoms with van der Waals surface area (Å²) in [7, 11) is 0. The van der Waals surface area contributed by atoms with Crippen molar-refractivity contribution in [3.8, 4) is 0 Å². The number of carbonyl (C=O) groups excluding carboxylic acids is 1. The summed E-state index contributed by atoms with van der Waals surface area (Å²) in [6.07, 6.45) is 0. The van der Waals surface area contributed by atoms with Crippen LogP contribution >= 0.6 is 34.2 Å². The van der Waals surface area contributed by atoms with Crippen LogP contribution < -0.4 is 10.6 Å². The molecule has 0 radical (unpaired) electrons. The summed E-state index contributed by atoms with van der Waals surface area (Å²) in [6, 6.07) is 14.2. The lowest BCUT2D eigenvalue weighted by Crippen LogP contribution is -2.19. The van der Waals surface area contributed by atoms with E-state index in [1.54, 1.807) is 24.3 Å². The zero-order chi connectivity index (χ0) is 13.0. The van der Waals surface area contributed by atoms with Gasteiger partial charge < -0.3 is 10.6 Å². The van der Waals surface area contributed by atoms with E-state index < -0.39 is 0 Å². The maximum atomic E-state index is 11.7. The number of benzene rings is 2. The van der Waals surface area contributed by atoms with E-state index in [-0.39, 0.29) is 6.03 Å². The smallest absolute Gasteiger partial charge is 0.308 e. The van der Waals surface area contributed by atoms with Crippen molar-refractivity contribution in [2.75, 3.05) is 10.6 Å². The van der Waals surface area contributed by atoms with Gasteiger partial charge in [-0.05, 0) is 65.1 Å². The van der Waals surface area contributed by atoms with Crippen molar-refractivity contribution in [3.63, 3.8) is 0 Å². The molecular formula is C13H10ClIN2O. The van der Waals surface area contributed by atoms with Gasteiger partial charge in [0.25, 0.3) is 0 Å². The topological polar surface area (TPSA) is 41.1 Å². The molecule has 0 heterocycles. The third-order valence-electron chi connectivity index (χ3n) is 2.18. The van der Waals surface area contributed by atoms with Gasteiger partial charge in [0.05, 0.1) is 0 Å². The second kappa shape index (κ2) is 6.06. The van der Waals surface area contributed by atoms with Crippen LogP contribution in [0.15, 0.2) is 48.5 Å². The zero-order valence-electron chi connectivity index (χ0n) is 9.28. The van der Waals surface area contributed by atoms with Crippen molar-refractivity contribution in [2.24, 2.45) is 0 Å². The summed E-state index contributed by atoms with van der Waals surface area (Å²) < 4.78 is 1.07. The molecule has 3 nitrogen and oxygen atoms in total. The maximum absolute atomic E-state index is 11.7. The Labute approximate surface area is 124 Å². The van der Waals surface area contributed by atoms with Crippen LogP contribution in [0, 0.1) is 3.57 Å². The van der Waals surface area contributed by atoms with Crippen LogP contribution in [0.25, 0.3) is 0 Å². The van der Waals surface area contributed by atoms with Crippen molar-refractivity contribution in [2.45, 2.75) is 0 Å². The molecule has 2 aromatic rings. The highest BCUT2D eigenvalue weighted by Gasteiger charge is 2.02. The first-order valence-electron chi connectivity index (χ1n) is 5.22. The number of anilines is 2. The van der Waals surface area contributed by atoms with E-state index in [1.807, 2.05) is 24.3 Å². The molecule has 92 valence electrons. The number of hydrogen-bond acceptors (Lipinski definition) is 1. The molecule has 0 aliphatic rings. The highest BCUT2D eigenvalue weighted by atomic mass is 127. The summed E-state index contributed by atoms with van der Waals surface area (Å²) in [5, 5.41) is 6.12. The Morgan fingerprint density at radius 2 is 1.67 bits per heavy atom. The number of nitrogens with one attached hydrogen (secondary N) is 2. The number of amides is 2. The minimum absolute atomic E-state index is 0.278. The van der Waals surface area contributed by atoms with Crippen LogP contribution in [0.5, 0.6) is 0 Å². The second-order valence-corrected chi connectivity index (χ2v) is 5.28. The molecule has 0 aromatic heterocycles. The van der Waals surface area contributed by atoms with Crippen LogP contribution in [0.2, 0.25) is 5.02 Å². The number of halogens is 2. The van der Waals surface area contributed by atoms with Crippen molar-refractivity contribution < 1.29 is 4.79 Å². The van der Waals surface area contributed by atoms with E-state index in [9.17, 15) is 4.79 Å². The largest absolute Gasteiger partial charge is 0.323 e. The number of urea groups is 1. The Balaban J connectivity index is 1.98. The molecule has 5 heteroatoms. The average Bonchev–Trinajstić information content (AvgIpc) is 2.32. The van der Waals surface area contributed by atoms with Gasteiger partial charge in [0.15, 0.2) is 0 Å². The summed E-state index contributed by atoms with van der Waals surface area (Å²) in [5.41, 5.74) is 1.45. The van der Waals surface area contributed by atoms with Gasteiger partial charge in [-0.3, -0.25) is 0 Å². The molecule has 0 bridgehead atoms. The van der Waals surface area contributed by atoms with E-state index in [0.29, 0.717) is 10.7 Å². The Morgan fingerprint density at radius 1 is 1.00 bits per heavy atom. The van der Waals surface area contributed by atoms with Crippen molar-refractivity contribution in [1.82, 2.24) is 0 Å². The van der Waals surface area contributed by atoms with Gasteiger partial charge in [-0.2, -0.15) is 0 Å². The Hall–Kier alpha value is -1.27. The fourth-order valence-electron chi connectivity index (χ4n) is 1.39. The molecule has 0 atom stereocenters. The SMILES string of the molecule is O=C(Nc1ccc(Cl)cc1)Nc1cccc(I)c1. The minimum atomic E-state index is -0.278. The Morgan fingerprint density at radius 3 is 2.33 bits per heavy atom. The minimum Gasteiger partial charge on any atom is -0.308 e. The molecule has 18 heavy (non-hydrogen) atoms. The quantitative estimate of drug-likeness (QED) is 0.744. The van der Waals surface area contributed by atoms with Gasteiger partial charge in [0, 0.05) is 20.0 Å². The number of hydrogen-bond donors (Lipinski definition) is 2. The molecule has 0 saturated carbocycles. The number of rotatable bonds is 2. The molecule has 2 rings (SSSR count). The van der Waals surface area contributed by atoms with Gasteiger partial charge in [-0.15, -0.1) is 0 Å². The highest BCUT2D eigenvalue weighted by molar-refractivity contribution is 14.1. The van der Waals surface area contributed by atoms with Gasteiger partial charge in [-0.1, -0.05) is 17.7 Å². The normalized spacial score (nSPS) is 9.89. The molecule has 2 N–H and O–H groups in total. The van der Waals surface area contributed by atoms with Crippen LogP contribution in [0.1, 0.15) is 0 Å². The molecule has 2 amide bonds. The lowest BCUT2D eigenvalue weighted by atomic mass is 10.3. The summed E-state index contributed by atoms with van der Waals surface area (Å²) in [4.78, 5) is 11.7. The first-order chi connectivity index (χ1) is 8.63. The van der Waals surface area contributed by atoms with Crippen LogP contribution in [-0.2, 0) is 0 Å². The Bertz CT molecular complexity index is 557. The van der Waals surface area contributed by atoms with Crippen molar-refractivity contribution >= 4 is 51.6 Å². The second-order valence-electron chi connectivity index (χ2n) is 3.60. The molecule has 0 aliphatic carbocycles. The standard InChI is InChI=1S/C13H10ClIN2O/c14-9-4-6-11(7-5-9)16-13(18)17-12-3-1-2-10(15)8-12/h1-8H,(H2,16,17,18). The van der Waals surface area contributed by atoms with Gasteiger partial charge >= 0.3 is 6.03 Å². The number of carbonyl (C=O) groups is 1. The molecule has 0 aliphatic heterocycles. The fourth-order valence-corrected chi connectivity index (χ4v) is 2.06. The van der Waals surface area contributed by atoms with Crippen LogP contribution in [0.3, 0.4) is 0 Å². The fraction of sp³-hybridized carbons (Fsp3) is 0. The van der Waals surface area contributed by atoms with E-state index in [2.05, 4.69) is 33.2 Å². The van der Waals surface area contributed by atoms with Gasteiger partial charge in [0.2, 0.25) is 0 Å². The molecular weight excluding hydrogens is 363 g/mol. The lowest BCUT2D eigenvalue weighted by molar-refractivity contribution is 0.262. The van der Waals surface area contributed by atoms with E-state index in [4.69, 9.17) is 11.6 Å². The van der Waals surface area contributed by atoms with E-state index in [1.165, 1.54) is 0 Å². The first-order valence-corrected chi connectivity index (χ1v) is 6.68. The third kappa shape index (κ3) is 3.89. The first kappa shape index (κ1) is 13.2. The Kier molecular flexibility index (Phi) is 4.43. The third-order valence-corrected chi connectivity index (χ3v) is 3.11. The molecule has 0 saturated heterocycles. The average molecular weight is 373 g/mol. The molecule has 0 fully saturated rings. The summed E-state index contributed by atoms with van der Waals surface area (Å²) in [5.74, 6) is 0. The zero-order valence-corrected chi connectivity index (χ0v) is 12.2. The van der Waals surface area contributed by atoms with Gasteiger partial charge in [0.1, 0.15) is 0 Å². The lowest BCUT2D eigenvalue weighted by Gasteiger charge is -2.07. The summed E-state index contributed by atoms with van der Waals surface area (Å²) >= 11 is 7.96. The highest BCUT2D eigenvalue weighted by Crippen LogP contribution is 2.15. The van der Waals surface area contributed by atoms with Crippen molar-refractivity contribution in [3.05, 3.63) is 57.1 Å². The van der Waals surface area contributed by atoms with Crippen molar-refractivity contribution in [1.29, 1.82) is 0 Å². The predicted octanol–water partition coefficient (Wildman–Crippen LogP) is 4.59. The molecule has 0 unspecified atom stereocenters. The summed E-state index contributed by atoms with van der Waals surface area (Å²) in [6.45, 7) is 0. The van der Waals surface area contributed by atoms with Crippen LogP contribution in [-0.4, -0.2) is 6.03 Å². The van der Waals surface area contributed by atoms with Gasteiger partial charge in [-0.25, -0.2) is 4.79 Å². The van der Waals surface area contributed by atoms with E-state index >= 15 is 0 Å². The maximum Gasteiger partial charge on any atom is 0.323 e. The van der Waals surface area contributed by atoms with Crippen LogP contribution in [0.4, 0.5) is 16.2 Å². The molecule has 0 spiro atoms. The van der Waals surface area contributed by atoms with E-state index in [0.717, 1.165) is 9.26 Å². The monoisotopic (exact) mass is 372 g/mol.